The van der Waals surface area contributed by atoms with E-state index in [0.29, 0.717) is 6.42 Å². The van der Waals surface area contributed by atoms with Gasteiger partial charge in [0.25, 0.3) is 0 Å². The summed E-state index contributed by atoms with van der Waals surface area (Å²) in [5.74, 6) is -0.921. The van der Waals surface area contributed by atoms with Crippen LogP contribution in [0.1, 0.15) is 23.1 Å². The molecule has 0 radical (unpaired) electrons. The molecule has 1 saturated heterocycles. The van der Waals surface area contributed by atoms with Crippen LogP contribution in [0, 0.1) is 0 Å². The van der Waals surface area contributed by atoms with Crippen molar-refractivity contribution >= 4 is 42.2 Å². The average molecular weight is 471 g/mol. The van der Waals surface area contributed by atoms with Gasteiger partial charge in [-0.25, -0.2) is 4.79 Å². The van der Waals surface area contributed by atoms with Crippen LogP contribution >= 0.6 is 24.4 Å². The maximum atomic E-state index is 12.8. The van der Waals surface area contributed by atoms with Gasteiger partial charge in [0.2, 0.25) is 11.8 Å². The molecule has 2 N–H and O–H groups in total. The summed E-state index contributed by atoms with van der Waals surface area (Å²) in [6.07, 6.45) is 1.07. The number of carbonyl (C=O) groups excluding carboxylic acids is 2. The summed E-state index contributed by atoms with van der Waals surface area (Å²) < 4.78 is 5.20. The number of β-lactam (4-membered cyclic amide) rings is 1. The van der Waals surface area contributed by atoms with E-state index in [9.17, 15) is 19.5 Å². The van der Waals surface area contributed by atoms with E-state index < -0.39 is 11.3 Å². The molecule has 0 aromatic heterocycles. The van der Waals surface area contributed by atoms with Crippen molar-refractivity contribution < 1.29 is 24.2 Å². The number of fused-ring (bicyclic) bond motifs is 1. The number of carboxylic acids is 1. The van der Waals surface area contributed by atoms with Crippen molar-refractivity contribution in [2.24, 2.45) is 0 Å². The molecule has 32 heavy (non-hydrogen) atoms. The monoisotopic (exact) mass is 470 g/mol. The van der Waals surface area contributed by atoms with Crippen molar-refractivity contribution in [1.82, 2.24) is 10.2 Å². The molecular weight excluding hydrogens is 448 g/mol. The molecule has 0 bridgehead atoms. The van der Waals surface area contributed by atoms with E-state index in [2.05, 4.69) is 17.9 Å². The number of thioether (sulfide) groups is 1. The largest absolute Gasteiger partial charge is 0.497 e. The molecule has 2 aromatic carbocycles. The summed E-state index contributed by atoms with van der Waals surface area (Å²) in [7, 11) is 1.62. The molecule has 166 valence electrons. The third-order valence-electron chi connectivity index (χ3n) is 5.45. The number of methoxy groups -OCH3 is 1. The number of hydrogen-bond donors (Lipinski definition) is 3. The highest BCUT2D eigenvalue weighted by Gasteiger charge is 2.48. The van der Waals surface area contributed by atoms with Gasteiger partial charge in [0.05, 0.1) is 25.3 Å². The maximum Gasteiger partial charge on any atom is 0.353 e. The fraction of sp³-hybridized carbons (Fsp3) is 0.261. The minimum Gasteiger partial charge on any atom is -0.497 e. The topological polar surface area (TPSA) is 95.9 Å². The quantitative estimate of drug-likeness (QED) is 0.426. The Labute approximate surface area is 195 Å². The first-order valence-electron chi connectivity index (χ1n) is 10.0. The number of nitrogens with zero attached hydrogens (tertiary/aromatic N) is 1. The first-order valence-corrected chi connectivity index (χ1v) is 11.4. The smallest absolute Gasteiger partial charge is 0.353 e. The predicted octanol–water partition coefficient (Wildman–Crippen LogP) is 2.80. The van der Waals surface area contributed by atoms with Crippen LogP contribution in [0.2, 0.25) is 0 Å². The number of ether oxygens (including phenoxy) is 1. The van der Waals surface area contributed by atoms with Crippen molar-refractivity contribution in [2.45, 2.75) is 30.0 Å². The molecule has 2 amide bonds. The summed E-state index contributed by atoms with van der Waals surface area (Å²) >= 11 is 5.65. The third kappa shape index (κ3) is 4.49. The van der Waals surface area contributed by atoms with E-state index in [1.165, 1.54) is 16.7 Å². The fourth-order valence-corrected chi connectivity index (χ4v) is 5.57. The zero-order valence-corrected chi connectivity index (χ0v) is 19.0. The average Bonchev–Trinajstić information content (AvgIpc) is 2.77. The van der Waals surface area contributed by atoms with Crippen LogP contribution in [0.4, 0.5) is 0 Å². The second-order valence-electron chi connectivity index (χ2n) is 7.52. The van der Waals surface area contributed by atoms with Gasteiger partial charge >= 0.3 is 5.97 Å². The van der Waals surface area contributed by atoms with Gasteiger partial charge in [0.15, 0.2) is 0 Å². The number of amides is 2. The Morgan fingerprint density at radius 2 is 1.88 bits per heavy atom. The third-order valence-corrected chi connectivity index (χ3v) is 7.41. The van der Waals surface area contributed by atoms with E-state index in [4.69, 9.17) is 4.74 Å². The van der Waals surface area contributed by atoms with Gasteiger partial charge in [-0.1, -0.05) is 36.4 Å². The normalized spacial score (nSPS) is 19.8. The van der Waals surface area contributed by atoms with E-state index in [0.717, 1.165) is 22.4 Å². The Morgan fingerprint density at radius 3 is 2.50 bits per heavy atom. The molecule has 2 aromatic rings. The Morgan fingerprint density at radius 1 is 1.19 bits per heavy atom. The summed E-state index contributed by atoms with van der Waals surface area (Å²) in [6, 6.07) is 15.5. The Hall–Kier alpha value is -2.91. The molecule has 1 fully saturated rings. The lowest BCUT2D eigenvalue weighted by Gasteiger charge is -2.45. The minimum absolute atomic E-state index is 0.153. The Balaban J connectivity index is 1.47. The lowest BCUT2D eigenvalue weighted by Crippen LogP contribution is -2.56. The molecule has 0 saturated carbocycles. The summed E-state index contributed by atoms with van der Waals surface area (Å²) in [5, 5.41) is 11.5. The molecule has 4 rings (SSSR count). The summed E-state index contributed by atoms with van der Waals surface area (Å²) in [6.45, 7) is 0. The van der Waals surface area contributed by atoms with E-state index in [-0.39, 0.29) is 40.6 Å². The van der Waals surface area contributed by atoms with Crippen LogP contribution in [0.25, 0.3) is 0 Å². The summed E-state index contributed by atoms with van der Waals surface area (Å²) in [4.78, 5) is 37.7. The number of carbonyl (C=O) groups is 3. The van der Waals surface area contributed by atoms with Crippen LogP contribution in [0.15, 0.2) is 59.1 Å². The zero-order chi connectivity index (χ0) is 22.8. The van der Waals surface area contributed by atoms with Crippen LogP contribution in [-0.4, -0.2) is 45.6 Å². The number of rotatable bonds is 7. The molecule has 0 spiro atoms. The number of hydrogen-bond acceptors (Lipinski definition) is 6. The van der Waals surface area contributed by atoms with Gasteiger partial charge in [0.1, 0.15) is 16.8 Å². The van der Waals surface area contributed by atoms with Gasteiger partial charge in [0, 0.05) is 4.91 Å². The molecule has 9 heteroatoms. The van der Waals surface area contributed by atoms with Crippen LogP contribution in [-0.2, 0) is 27.2 Å². The SMILES string of the molecule is COc1ccc(Cc2ccccc2CC(=O)NC2S[C@@H]3CC(=O)N3C(C(=O)O)=C2S)cc1. The fourth-order valence-electron chi connectivity index (χ4n) is 3.78. The molecule has 7 nitrogen and oxygen atoms in total. The van der Waals surface area contributed by atoms with Crippen LogP contribution in [0.3, 0.4) is 0 Å². The lowest BCUT2D eigenvalue weighted by molar-refractivity contribution is -0.146. The van der Waals surface area contributed by atoms with Crippen molar-refractivity contribution in [3.8, 4) is 5.75 Å². The Kier molecular flexibility index (Phi) is 6.48. The van der Waals surface area contributed by atoms with E-state index in [1.807, 2.05) is 48.5 Å². The first-order chi connectivity index (χ1) is 15.4. The van der Waals surface area contributed by atoms with Gasteiger partial charge in [-0.3, -0.25) is 14.5 Å². The molecule has 0 aliphatic carbocycles. The van der Waals surface area contributed by atoms with Crippen LogP contribution < -0.4 is 10.1 Å². The molecule has 2 heterocycles. The van der Waals surface area contributed by atoms with Gasteiger partial charge in [-0.2, -0.15) is 0 Å². The summed E-state index contributed by atoms with van der Waals surface area (Å²) in [5.41, 5.74) is 2.87. The van der Waals surface area contributed by atoms with Crippen molar-refractivity contribution in [3.05, 3.63) is 75.8 Å². The van der Waals surface area contributed by atoms with Crippen LogP contribution in [0.5, 0.6) is 5.75 Å². The lowest BCUT2D eigenvalue weighted by atomic mass is 9.97. The molecule has 2 atom stereocenters. The van der Waals surface area contributed by atoms with Crippen molar-refractivity contribution in [3.63, 3.8) is 0 Å². The number of thiol groups is 1. The highest BCUT2D eigenvalue weighted by Crippen LogP contribution is 2.44. The second-order valence-corrected chi connectivity index (χ2v) is 9.29. The molecular formula is C23H22N2O5S2. The Bertz CT molecular complexity index is 1100. The second kappa shape index (κ2) is 9.30. The highest BCUT2D eigenvalue weighted by atomic mass is 32.2. The van der Waals surface area contributed by atoms with Gasteiger partial charge < -0.3 is 15.2 Å². The van der Waals surface area contributed by atoms with Gasteiger partial charge in [-0.15, -0.1) is 24.4 Å². The number of carboxylic acid groups (broad SMARTS) is 1. The maximum absolute atomic E-state index is 12.8. The number of nitrogens with one attached hydrogen (secondary N) is 1. The molecule has 2 aliphatic rings. The standard InChI is InChI=1S/C23H22N2O5S2/c1-30-16-8-6-13(7-9-16)10-14-4-2-3-5-15(14)11-17(26)24-22-21(31)20(23(28)29)25-18(27)12-19(25)32-22/h2-9,19,22,31H,10-12H2,1H3,(H,24,26)(H,28,29)/t19-,22?/m1/s1. The molecule has 2 aliphatic heterocycles. The van der Waals surface area contributed by atoms with E-state index in [1.54, 1.807) is 7.11 Å². The number of benzene rings is 2. The minimum atomic E-state index is -1.22. The predicted molar refractivity (Wildman–Crippen MR) is 124 cm³/mol. The van der Waals surface area contributed by atoms with Crippen molar-refractivity contribution in [2.75, 3.05) is 7.11 Å². The highest BCUT2D eigenvalue weighted by molar-refractivity contribution is 8.02. The molecule has 1 unspecified atom stereocenters. The first kappa shape index (κ1) is 22.3. The van der Waals surface area contributed by atoms with Gasteiger partial charge in [-0.05, 0) is 35.2 Å². The van der Waals surface area contributed by atoms with Crippen molar-refractivity contribution in [1.29, 1.82) is 0 Å². The zero-order valence-electron chi connectivity index (χ0n) is 17.3. The number of aliphatic carboxylic acids is 1. The van der Waals surface area contributed by atoms with E-state index >= 15 is 0 Å².